The summed E-state index contributed by atoms with van der Waals surface area (Å²) in [6.45, 7) is 8.38. The van der Waals surface area contributed by atoms with Gasteiger partial charge in [0.05, 0.1) is 12.6 Å². The number of nitrogens with one attached hydrogen (secondary N) is 1. The monoisotopic (exact) mass is 461 g/mol. The Morgan fingerprint density at radius 3 is 2.59 bits per heavy atom. The van der Waals surface area contributed by atoms with Crippen molar-refractivity contribution >= 4 is 6.09 Å². The summed E-state index contributed by atoms with van der Waals surface area (Å²) in [5.41, 5.74) is 4.62. The summed E-state index contributed by atoms with van der Waals surface area (Å²) in [4.78, 5) is 19.8. The van der Waals surface area contributed by atoms with E-state index < -0.39 is 0 Å². The number of piperidine rings is 3. The lowest BCUT2D eigenvalue weighted by molar-refractivity contribution is -0.0348. The van der Waals surface area contributed by atoms with Crippen LogP contribution in [0.15, 0.2) is 36.5 Å². The first-order chi connectivity index (χ1) is 16.4. The largest absolute Gasteiger partial charge is 0.477 e. The Hall–Kier alpha value is -2.60. The number of alkyl carbamates (subject to hydrolysis) is 1. The van der Waals surface area contributed by atoms with Crippen LogP contribution in [0.3, 0.4) is 0 Å². The van der Waals surface area contributed by atoms with Crippen molar-refractivity contribution in [1.29, 1.82) is 0 Å². The Bertz CT molecular complexity index is 1060. The van der Waals surface area contributed by atoms with E-state index in [-0.39, 0.29) is 23.7 Å². The van der Waals surface area contributed by atoms with Crippen LogP contribution < -0.4 is 10.1 Å². The number of benzene rings is 1. The highest BCUT2D eigenvalue weighted by molar-refractivity contribution is 5.70. The van der Waals surface area contributed by atoms with E-state index in [9.17, 15) is 4.79 Å². The quantitative estimate of drug-likeness (QED) is 0.657. The molecule has 34 heavy (non-hydrogen) atoms. The van der Waals surface area contributed by atoms with E-state index in [0.717, 1.165) is 62.5 Å². The lowest BCUT2D eigenvalue weighted by Gasteiger charge is -2.44. The minimum atomic E-state index is -0.278. The third-order valence-corrected chi connectivity index (χ3v) is 8.23. The van der Waals surface area contributed by atoms with Gasteiger partial charge >= 0.3 is 6.09 Å². The SMILES string of the molecule is CC1(C)Cc2cc(-c3ccc(OCC4CC4)nc3)ccc2C1NC(=O)O[C@H]1CN2CCC1CC2. The van der Waals surface area contributed by atoms with Crippen LogP contribution >= 0.6 is 0 Å². The van der Waals surface area contributed by atoms with Crippen LogP contribution in [0.1, 0.15) is 56.7 Å². The molecular weight excluding hydrogens is 426 g/mol. The number of carbonyl (C=O) groups is 1. The van der Waals surface area contributed by atoms with Crippen LogP contribution in [-0.4, -0.2) is 48.3 Å². The van der Waals surface area contributed by atoms with Crippen LogP contribution in [-0.2, 0) is 11.2 Å². The molecule has 2 aromatic rings. The number of carbonyl (C=O) groups excluding carboxylic acids is 1. The molecular formula is C28H35N3O3. The summed E-state index contributed by atoms with van der Waals surface area (Å²) >= 11 is 0. The molecule has 5 aliphatic rings. The molecule has 4 fully saturated rings. The molecule has 6 heteroatoms. The molecule has 7 rings (SSSR count). The highest BCUT2D eigenvalue weighted by Gasteiger charge is 2.42. The molecule has 3 saturated heterocycles. The Balaban J connectivity index is 1.14. The van der Waals surface area contributed by atoms with Crippen molar-refractivity contribution in [3.63, 3.8) is 0 Å². The summed E-state index contributed by atoms with van der Waals surface area (Å²) in [7, 11) is 0. The molecule has 1 saturated carbocycles. The van der Waals surface area contributed by atoms with Crippen molar-refractivity contribution in [1.82, 2.24) is 15.2 Å². The van der Waals surface area contributed by atoms with E-state index in [2.05, 4.69) is 53.3 Å². The Morgan fingerprint density at radius 1 is 1.12 bits per heavy atom. The zero-order valence-electron chi connectivity index (χ0n) is 20.3. The van der Waals surface area contributed by atoms with E-state index in [1.54, 1.807) is 0 Å². The van der Waals surface area contributed by atoms with Gasteiger partial charge in [0, 0.05) is 24.4 Å². The van der Waals surface area contributed by atoms with E-state index in [4.69, 9.17) is 9.47 Å². The zero-order valence-corrected chi connectivity index (χ0v) is 20.3. The first-order valence-corrected chi connectivity index (χ1v) is 12.9. The molecule has 2 bridgehead atoms. The molecule has 2 atom stereocenters. The minimum Gasteiger partial charge on any atom is -0.477 e. The fraction of sp³-hybridized carbons (Fsp3) is 0.571. The zero-order chi connectivity index (χ0) is 23.3. The van der Waals surface area contributed by atoms with Crippen LogP contribution in [0.5, 0.6) is 5.88 Å². The number of hydrogen-bond acceptors (Lipinski definition) is 5. The summed E-state index contributed by atoms with van der Waals surface area (Å²) in [6, 6.07) is 10.5. The summed E-state index contributed by atoms with van der Waals surface area (Å²) in [6.07, 6.45) is 7.38. The Labute approximate surface area is 202 Å². The van der Waals surface area contributed by atoms with Crippen molar-refractivity contribution in [3.8, 4) is 17.0 Å². The molecule has 3 aliphatic heterocycles. The van der Waals surface area contributed by atoms with Gasteiger partial charge < -0.3 is 14.8 Å². The molecule has 1 unspecified atom stereocenters. The third-order valence-electron chi connectivity index (χ3n) is 8.23. The Kier molecular flexibility index (Phi) is 5.51. The van der Waals surface area contributed by atoms with Gasteiger partial charge in [-0.25, -0.2) is 9.78 Å². The van der Waals surface area contributed by atoms with Crippen LogP contribution in [0, 0.1) is 17.3 Å². The fourth-order valence-electron chi connectivity index (χ4n) is 5.96. The molecule has 6 nitrogen and oxygen atoms in total. The average Bonchev–Trinajstić information content (AvgIpc) is 3.63. The van der Waals surface area contributed by atoms with Gasteiger partial charge in [-0.1, -0.05) is 32.0 Å². The highest BCUT2D eigenvalue weighted by atomic mass is 16.6. The normalized spacial score (nSPS) is 28.9. The van der Waals surface area contributed by atoms with E-state index in [1.165, 1.54) is 24.0 Å². The van der Waals surface area contributed by atoms with Gasteiger partial charge in [-0.2, -0.15) is 0 Å². The molecule has 1 aromatic carbocycles. The van der Waals surface area contributed by atoms with Gasteiger partial charge in [-0.15, -0.1) is 0 Å². The predicted molar refractivity (Wildman–Crippen MR) is 131 cm³/mol. The average molecular weight is 462 g/mol. The maximum Gasteiger partial charge on any atom is 0.407 e. The second-order valence-corrected chi connectivity index (χ2v) is 11.4. The fourth-order valence-corrected chi connectivity index (χ4v) is 5.96. The number of rotatable bonds is 6. The van der Waals surface area contributed by atoms with Gasteiger partial charge in [-0.05, 0) is 85.2 Å². The molecule has 2 aliphatic carbocycles. The maximum atomic E-state index is 12.9. The van der Waals surface area contributed by atoms with E-state index in [1.807, 2.05) is 12.3 Å². The van der Waals surface area contributed by atoms with Gasteiger partial charge in [0.2, 0.25) is 5.88 Å². The van der Waals surface area contributed by atoms with Crippen molar-refractivity contribution < 1.29 is 14.3 Å². The van der Waals surface area contributed by atoms with Gasteiger partial charge in [-0.3, -0.25) is 4.90 Å². The number of ether oxygens (including phenoxy) is 2. The molecule has 0 spiro atoms. The smallest absolute Gasteiger partial charge is 0.407 e. The van der Waals surface area contributed by atoms with Crippen LogP contribution in [0.4, 0.5) is 4.79 Å². The molecule has 4 heterocycles. The number of pyridine rings is 1. The van der Waals surface area contributed by atoms with Crippen molar-refractivity contribution in [2.45, 2.75) is 58.1 Å². The maximum absolute atomic E-state index is 12.9. The first-order valence-electron chi connectivity index (χ1n) is 12.9. The highest BCUT2D eigenvalue weighted by Crippen LogP contribution is 2.46. The summed E-state index contributed by atoms with van der Waals surface area (Å²) in [5, 5.41) is 3.22. The molecule has 0 radical (unpaired) electrons. The second kappa shape index (κ2) is 8.56. The predicted octanol–water partition coefficient (Wildman–Crippen LogP) is 4.98. The van der Waals surface area contributed by atoms with Crippen molar-refractivity contribution in [3.05, 3.63) is 47.7 Å². The number of fused-ring (bicyclic) bond motifs is 4. The van der Waals surface area contributed by atoms with E-state index in [0.29, 0.717) is 11.8 Å². The first kappa shape index (κ1) is 21.9. The molecule has 1 N–H and O–H groups in total. The lowest BCUT2D eigenvalue weighted by atomic mass is 9.85. The molecule has 180 valence electrons. The van der Waals surface area contributed by atoms with Gasteiger partial charge in [0.1, 0.15) is 6.10 Å². The van der Waals surface area contributed by atoms with Crippen LogP contribution in [0.2, 0.25) is 0 Å². The number of nitrogens with zero attached hydrogens (tertiary/aromatic N) is 2. The number of amides is 1. The van der Waals surface area contributed by atoms with E-state index >= 15 is 0 Å². The lowest BCUT2D eigenvalue weighted by Crippen LogP contribution is -2.53. The van der Waals surface area contributed by atoms with Crippen molar-refractivity contribution in [2.75, 3.05) is 26.2 Å². The summed E-state index contributed by atoms with van der Waals surface area (Å²) < 4.78 is 11.7. The molecule has 1 amide bonds. The Morgan fingerprint density at radius 2 is 1.91 bits per heavy atom. The second-order valence-electron chi connectivity index (χ2n) is 11.4. The number of aromatic nitrogens is 1. The molecule has 1 aromatic heterocycles. The van der Waals surface area contributed by atoms with Gasteiger partial charge in [0.15, 0.2) is 0 Å². The van der Waals surface area contributed by atoms with Crippen LogP contribution in [0.25, 0.3) is 11.1 Å². The standard InChI is InChI=1S/C28H35N3O3/c1-28(2)14-22-13-20(21-6-8-25(29-15-21)33-17-18-3-4-18)5-7-23(22)26(28)30-27(32)34-24-16-31-11-9-19(24)10-12-31/h5-8,13,15,18-19,24,26H,3-4,9-12,14,16-17H2,1-2H3,(H,30,32)/t24-,26?/m0/s1. The summed E-state index contributed by atoms with van der Waals surface area (Å²) in [5.74, 6) is 1.93. The minimum absolute atomic E-state index is 0.0255. The van der Waals surface area contributed by atoms with Gasteiger partial charge in [0.25, 0.3) is 0 Å². The number of hydrogen-bond donors (Lipinski definition) is 1. The topological polar surface area (TPSA) is 63.7 Å². The third kappa shape index (κ3) is 4.40. The van der Waals surface area contributed by atoms with Crippen molar-refractivity contribution in [2.24, 2.45) is 17.3 Å².